The predicted molar refractivity (Wildman–Crippen MR) is 74.8 cm³/mol. The van der Waals surface area contributed by atoms with Crippen LogP contribution in [0, 0.1) is 0 Å². The molecule has 2 rings (SSSR count). The minimum atomic E-state index is -4.41. The van der Waals surface area contributed by atoms with E-state index in [4.69, 9.17) is 4.74 Å². The van der Waals surface area contributed by atoms with E-state index in [-0.39, 0.29) is 17.1 Å². The fourth-order valence-electron chi connectivity index (χ4n) is 1.76. The standard InChI is InChI=1S/C15H13F3N2O2/c1-2-22-14-12(4-3-9-19-14)13(21)20-11-7-5-10(6-8-11)15(16,17)18/h3-9H,2H2,1H3,(H,20,21). The van der Waals surface area contributed by atoms with Crippen molar-refractivity contribution in [3.8, 4) is 5.88 Å². The first kappa shape index (κ1) is 15.8. The second-order valence-electron chi connectivity index (χ2n) is 4.32. The summed E-state index contributed by atoms with van der Waals surface area (Å²) in [4.78, 5) is 16.1. The lowest BCUT2D eigenvalue weighted by atomic mass is 10.2. The van der Waals surface area contributed by atoms with E-state index in [9.17, 15) is 18.0 Å². The Hall–Kier alpha value is -2.57. The minimum absolute atomic E-state index is 0.175. The Kier molecular flexibility index (Phi) is 4.65. The summed E-state index contributed by atoms with van der Waals surface area (Å²) < 4.78 is 42.7. The van der Waals surface area contributed by atoms with Crippen LogP contribution in [0.5, 0.6) is 5.88 Å². The molecule has 2 aromatic rings. The molecular weight excluding hydrogens is 297 g/mol. The van der Waals surface area contributed by atoms with Crippen molar-refractivity contribution in [1.82, 2.24) is 4.98 Å². The summed E-state index contributed by atoms with van der Waals surface area (Å²) in [7, 11) is 0. The largest absolute Gasteiger partial charge is 0.477 e. The van der Waals surface area contributed by atoms with Crippen LogP contribution in [0.15, 0.2) is 42.6 Å². The Labute approximate surface area is 124 Å². The van der Waals surface area contributed by atoms with Gasteiger partial charge in [-0.15, -0.1) is 0 Å². The van der Waals surface area contributed by atoms with Gasteiger partial charge in [-0.1, -0.05) is 0 Å². The number of rotatable bonds is 4. The van der Waals surface area contributed by atoms with Crippen molar-refractivity contribution in [1.29, 1.82) is 0 Å². The van der Waals surface area contributed by atoms with Crippen LogP contribution in [0.25, 0.3) is 0 Å². The van der Waals surface area contributed by atoms with Gasteiger partial charge in [-0.05, 0) is 43.3 Å². The molecule has 0 aliphatic heterocycles. The first-order valence-corrected chi connectivity index (χ1v) is 6.48. The van der Waals surface area contributed by atoms with E-state index in [0.29, 0.717) is 6.61 Å². The van der Waals surface area contributed by atoms with Crippen LogP contribution < -0.4 is 10.1 Å². The summed E-state index contributed by atoms with van der Waals surface area (Å²) in [6.45, 7) is 2.10. The number of nitrogens with one attached hydrogen (secondary N) is 1. The third kappa shape index (κ3) is 3.75. The quantitative estimate of drug-likeness (QED) is 0.935. The third-order valence-corrected chi connectivity index (χ3v) is 2.77. The zero-order valence-corrected chi connectivity index (χ0v) is 11.6. The third-order valence-electron chi connectivity index (χ3n) is 2.77. The summed E-state index contributed by atoms with van der Waals surface area (Å²) >= 11 is 0. The average molecular weight is 310 g/mol. The van der Waals surface area contributed by atoms with E-state index < -0.39 is 17.6 Å². The molecule has 0 saturated heterocycles. The Morgan fingerprint density at radius 2 is 1.91 bits per heavy atom. The minimum Gasteiger partial charge on any atom is -0.477 e. The van der Waals surface area contributed by atoms with Crippen molar-refractivity contribution in [2.75, 3.05) is 11.9 Å². The van der Waals surface area contributed by atoms with Gasteiger partial charge < -0.3 is 10.1 Å². The summed E-state index contributed by atoms with van der Waals surface area (Å²) in [6, 6.07) is 7.29. The molecule has 0 saturated carbocycles. The fourth-order valence-corrected chi connectivity index (χ4v) is 1.76. The number of halogens is 3. The molecule has 0 aliphatic carbocycles. The highest BCUT2D eigenvalue weighted by molar-refractivity contribution is 6.05. The van der Waals surface area contributed by atoms with Gasteiger partial charge in [0.1, 0.15) is 5.56 Å². The topological polar surface area (TPSA) is 51.2 Å². The van der Waals surface area contributed by atoms with Gasteiger partial charge in [0.2, 0.25) is 5.88 Å². The number of hydrogen-bond acceptors (Lipinski definition) is 3. The predicted octanol–water partition coefficient (Wildman–Crippen LogP) is 3.75. The molecule has 0 aliphatic rings. The molecule has 0 radical (unpaired) electrons. The highest BCUT2D eigenvalue weighted by atomic mass is 19.4. The van der Waals surface area contributed by atoms with E-state index in [0.717, 1.165) is 12.1 Å². The normalized spacial score (nSPS) is 11.1. The number of amides is 1. The van der Waals surface area contributed by atoms with Crippen LogP contribution in [-0.2, 0) is 6.18 Å². The number of pyridine rings is 1. The van der Waals surface area contributed by atoms with Gasteiger partial charge in [0, 0.05) is 11.9 Å². The lowest BCUT2D eigenvalue weighted by Crippen LogP contribution is -2.14. The van der Waals surface area contributed by atoms with Gasteiger partial charge in [-0.2, -0.15) is 13.2 Å². The number of aromatic nitrogens is 1. The lowest BCUT2D eigenvalue weighted by Gasteiger charge is -2.10. The number of benzene rings is 1. The van der Waals surface area contributed by atoms with Crippen molar-refractivity contribution >= 4 is 11.6 Å². The van der Waals surface area contributed by atoms with Crippen LogP contribution in [0.2, 0.25) is 0 Å². The average Bonchev–Trinajstić information content (AvgIpc) is 2.47. The number of anilines is 1. The second-order valence-corrected chi connectivity index (χ2v) is 4.32. The number of ether oxygens (including phenoxy) is 1. The highest BCUT2D eigenvalue weighted by Crippen LogP contribution is 2.30. The van der Waals surface area contributed by atoms with Crippen molar-refractivity contribution < 1.29 is 22.7 Å². The molecule has 0 unspecified atom stereocenters. The molecule has 7 heteroatoms. The molecule has 0 spiro atoms. The van der Waals surface area contributed by atoms with Gasteiger partial charge in [0.05, 0.1) is 12.2 Å². The first-order valence-electron chi connectivity index (χ1n) is 6.48. The number of nitrogens with zero attached hydrogens (tertiary/aromatic N) is 1. The molecule has 1 heterocycles. The molecule has 0 fully saturated rings. The number of alkyl halides is 3. The van der Waals surface area contributed by atoms with Crippen LogP contribution in [0.1, 0.15) is 22.8 Å². The van der Waals surface area contributed by atoms with Gasteiger partial charge >= 0.3 is 6.18 Å². The smallest absolute Gasteiger partial charge is 0.416 e. The molecule has 1 aromatic heterocycles. The summed E-state index contributed by atoms with van der Waals surface area (Å²) in [6.07, 6.45) is -2.92. The maximum absolute atomic E-state index is 12.5. The fraction of sp³-hybridized carbons (Fsp3) is 0.200. The van der Waals surface area contributed by atoms with Crippen molar-refractivity contribution in [3.05, 3.63) is 53.7 Å². The van der Waals surface area contributed by atoms with Gasteiger partial charge in [0.15, 0.2) is 0 Å². The van der Waals surface area contributed by atoms with Crippen LogP contribution in [0.3, 0.4) is 0 Å². The van der Waals surface area contributed by atoms with Gasteiger partial charge in [-0.25, -0.2) is 4.98 Å². The maximum atomic E-state index is 12.5. The van der Waals surface area contributed by atoms with Crippen molar-refractivity contribution in [2.45, 2.75) is 13.1 Å². The van der Waals surface area contributed by atoms with E-state index >= 15 is 0 Å². The molecule has 0 bridgehead atoms. The van der Waals surface area contributed by atoms with E-state index in [1.165, 1.54) is 24.4 Å². The number of hydrogen-bond donors (Lipinski definition) is 1. The van der Waals surface area contributed by atoms with Crippen LogP contribution >= 0.6 is 0 Å². The van der Waals surface area contributed by atoms with Crippen molar-refractivity contribution in [3.63, 3.8) is 0 Å². The SMILES string of the molecule is CCOc1ncccc1C(=O)Nc1ccc(C(F)(F)F)cc1. The highest BCUT2D eigenvalue weighted by Gasteiger charge is 2.30. The Morgan fingerprint density at radius 3 is 2.50 bits per heavy atom. The van der Waals surface area contributed by atoms with Gasteiger partial charge in [-0.3, -0.25) is 4.79 Å². The molecule has 4 nitrogen and oxygen atoms in total. The van der Waals surface area contributed by atoms with E-state index in [1.54, 1.807) is 13.0 Å². The van der Waals surface area contributed by atoms with Crippen LogP contribution in [-0.4, -0.2) is 17.5 Å². The summed E-state index contributed by atoms with van der Waals surface area (Å²) in [5.41, 5.74) is -0.310. The lowest BCUT2D eigenvalue weighted by molar-refractivity contribution is -0.137. The maximum Gasteiger partial charge on any atom is 0.416 e. The Bertz CT molecular complexity index is 655. The first-order chi connectivity index (χ1) is 10.4. The second kappa shape index (κ2) is 6.46. The summed E-state index contributed by atoms with van der Waals surface area (Å²) in [5.74, 6) is -0.328. The molecule has 116 valence electrons. The zero-order chi connectivity index (χ0) is 16.2. The molecule has 1 aromatic carbocycles. The van der Waals surface area contributed by atoms with Crippen LogP contribution in [0.4, 0.5) is 18.9 Å². The monoisotopic (exact) mass is 310 g/mol. The van der Waals surface area contributed by atoms with Gasteiger partial charge in [0.25, 0.3) is 5.91 Å². The molecule has 1 amide bonds. The van der Waals surface area contributed by atoms with E-state index in [2.05, 4.69) is 10.3 Å². The molecular formula is C15H13F3N2O2. The Balaban J connectivity index is 2.16. The van der Waals surface area contributed by atoms with E-state index in [1.807, 2.05) is 0 Å². The number of carbonyl (C=O) groups is 1. The zero-order valence-electron chi connectivity index (χ0n) is 11.6. The number of carbonyl (C=O) groups excluding carboxylic acids is 1. The molecule has 0 atom stereocenters. The molecule has 1 N–H and O–H groups in total. The van der Waals surface area contributed by atoms with Crippen molar-refractivity contribution in [2.24, 2.45) is 0 Å². The molecule has 22 heavy (non-hydrogen) atoms. The summed E-state index contributed by atoms with van der Waals surface area (Å²) in [5, 5.41) is 2.51. The Morgan fingerprint density at radius 1 is 1.23 bits per heavy atom.